The van der Waals surface area contributed by atoms with Crippen molar-refractivity contribution >= 4 is 18.3 Å². The number of hydrogen-bond donors (Lipinski definition) is 2. The number of carbonyl (C=O) groups excluding carboxylic acids is 1. The highest BCUT2D eigenvalue weighted by molar-refractivity contribution is 5.85. The van der Waals surface area contributed by atoms with E-state index in [0.717, 1.165) is 45.3 Å². The number of halogens is 1. The molecule has 2 fully saturated rings. The summed E-state index contributed by atoms with van der Waals surface area (Å²) < 4.78 is 0. The van der Waals surface area contributed by atoms with Crippen LogP contribution in [0.2, 0.25) is 0 Å². The standard InChI is InChI=1S/C12H23N3O.ClH/c1-9(12(16)14-11-2-3-11)15-6-4-10(8-13)5-7-15;/h9-11H,2-8,13H2,1H3,(H,14,16);1H. The fraction of sp³-hybridized carbons (Fsp3) is 0.917. The fourth-order valence-electron chi connectivity index (χ4n) is 2.29. The van der Waals surface area contributed by atoms with Gasteiger partial charge in [-0.15, -0.1) is 12.4 Å². The number of nitrogens with one attached hydrogen (secondary N) is 1. The Kier molecular flexibility index (Phi) is 5.70. The van der Waals surface area contributed by atoms with Crippen LogP contribution in [0.4, 0.5) is 0 Å². The maximum atomic E-state index is 11.9. The van der Waals surface area contributed by atoms with E-state index >= 15 is 0 Å². The molecule has 5 heteroatoms. The maximum Gasteiger partial charge on any atom is 0.237 e. The van der Waals surface area contributed by atoms with Crippen molar-refractivity contribution in [3.05, 3.63) is 0 Å². The van der Waals surface area contributed by atoms with Gasteiger partial charge in [0.05, 0.1) is 6.04 Å². The number of nitrogens with two attached hydrogens (primary N) is 1. The molecule has 0 aromatic heterocycles. The lowest BCUT2D eigenvalue weighted by molar-refractivity contribution is -0.126. The molecule has 1 heterocycles. The molecule has 1 saturated heterocycles. The number of carbonyl (C=O) groups is 1. The molecule has 1 aliphatic heterocycles. The van der Waals surface area contributed by atoms with E-state index < -0.39 is 0 Å². The van der Waals surface area contributed by atoms with Crippen molar-refractivity contribution in [1.29, 1.82) is 0 Å². The highest BCUT2D eigenvalue weighted by Gasteiger charge is 2.29. The Hall–Kier alpha value is -0.320. The van der Waals surface area contributed by atoms with Crippen molar-refractivity contribution in [3.8, 4) is 0 Å². The largest absolute Gasteiger partial charge is 0.352 e. The molecule has 1 saturated carbocycles. The first-order valence-electron chi connectivity index (χ1n) is 6.45. The van der Waals surface area contributed by atoms with E-state index in [1.165, 1.54) is 0 Å². The van der Waals surface area contributed by atoms with Gasteiger partial charge in [0.15, 0.2) is 0 Å². The minimum atomic E-state index is 0. The Labute approximate surface area is 110 Å². The number of amides is 1. The number of piperidine rings is 1. The second-order valence-corrected chi connectivity index (χ2v) is 5.17. The lowest BCUT2D eigenvalue weighted by atomic mass is 9.96. The predicted molar refractivity (Wildman–Crippen MR) is 71.2 cm³/mol. The van der Waals surface area contributed by atoms with Crippen molar-refractivity contribution in [2.75, 3.05) is 19.6 Å². The third kappa shape index (κ3) is 4.12. The highest BCUT2D eigenvalue weighted by Crippen LogP contribution is 2.21. The topological polar surface area (TPSA) is 58.4 Å². The van der Waals surface area contributed by atoms with Gasteiger partial charge in [-0.3, -0.25) is 9.69 Å². The van der Waals surface area contributed by atoms with Gasteiger partial charge >= 0.3 is 0 Å². The SMILES string of the molecule is CC(C(=O)NC1CC1)N1CCC(CN)CC1.Cl. The average Bonchev–Trinajstić information content (AvgIpc) is 3.12. The van der Waals surface area contributed by atoms with Gasteiger partial charge in [0.25, 0.3) is 0 Å². The zero-order valence-corrected chi connectivity index (χ0v) is 11.3. The minimum absolute atomic E-state index is 0. The van der Waals surface area contributed by atoms with Gasteiger partial charge in [-0.1, -0.05) is 0 Å². The van der Waals surface area contributed by atoms with Crippen molar-refractivity contribution in [2.24, 2.45) is 11.7 Å². The van der Waals surface area contributed by atoms with Gasteiger partial charge in [0.1, 0.15) is 0 Å². The molecule has 1 atom stereocenters. The molecule has 2 rings (SSSR count). The molecule has 2 aliphatic rings. The predicted octanol–water partition coefficient (Wildman–Crippen LogP) is 0.746. The zero-order chi connectivity index (χ0) is 11.5. The average molecular weight is 262 g/mol. The Morgan fingerprint density at radius 1 is 1.35 bits per heavy atom. The molecule has 4 nitrogen and oxygen atoms in total. The molecule has 0 radical (unpaired) electrons. The van der Waals surface area contributed by atoms with Crippen LogP contribution in [-0.2, 0) is 4.79 Å². The molecule has 1 unspecified atom stereocenters. The smallest absolute Gasteiger partial charge is 0.237 e. The molecular weight excluding hydrogens is 238 g/mol. The van der Waals surface area contributed by atoms with Crippen molar-refractivity contribution in [2.45, 2.75) is 44.7 Å². The van der Waals surface area contributed by atoms with Gasteiger partial charge < -0.3 is 11.1 Å². The van der Waals surface area contributed by atoms with Crippen LogP contribution in [-0.4, -0.2) is 42.5 Å². The Morgan fingerprint density at radius 3 is 2.41 bits per heavy atom. The van der Waals surface area contributed by atoms with Crippen molar-refractivity contribution in [3.63, 3.8) is 0 Å². The van der Waals surface area contributed by atoms with Gasteiger partial charge in [-0.25, -0.2) is 0 Å². The molecule has 0 spiro atoms. The monoisotopic (exact) mass is 261 g/mol. The first kappa shape index (κ1) is 14.7. The summed E-state index contributed by atoms with van der Waals surface area (Å²) in [6, 6.07) is 0.496. The summed E-state index contributed by atoms with van der Waals surface area (Å²) in [7, 11) is 0. The van der Waals surface area contributed by atoms with E-state index in [9.17, 15) is 4.79 Å². The fourth-order valence-corrected chi connectivity index (χ4v) is 2.29. The van der Waals surface area contributed by atoms with E-state index in [2.05, 4.69) is 10.2 Å². The van der Waals surface area contributed by atoms with E-state index in [1.54, 1.807) is 0 Å². The number of hydrogen-bond acceptors (Lipinski definition) is 3. The molecule has 1 amide bonds. The molecule has 0 aromatic carbocycles. The lowest BCUT2D eigenvalue weighted by Gasteiger charge is -2.34. The highest BCUT2D eigenvalue weighted by atomic mass is 35.5. The third-order valence-corrected chi connectivity index (χ3v) is 3.83. The van der Waals surface area contributed by atoms with Crippen LogP contribution in [0.15, 0.2) is 0 Å². The summed E-state index contributed by atoms with van der Waals surface area (Å²) in [5.74, 6) is 0.864. The number of nitrogens with zero attached hydrogens (tertiary/aromatic N) is 1. The quantitative estimate of drug-likeness (QED) is 0.785. The Bertz CT molecular complexity index is 250. The minimum Gasteiger partial charge on any atom is -0.352 e. The zero-order valence-electron chi connectivity index (χ0n) is 10.5. The van der Waals surface area contributed by atoms with Gasteiger partial charge in [0.2, 0.25) is 5.91 Å². The summed E-state index contributed by atoms with van der Waals surface area (Å²) in [4.78, 5) is 14.1. The van der Waals surface area contributed by atoms with Crippen LogP contribution >= 0.6 is 12.4 Å². The van der Waals surface area contributed by atoms with Gasteiger partial charge in [-0.05, 0) is 58.2 Å². The van der Waals surface area contributed by atoms with E-state index in [-0.39, 0.29) is 24.4 Å². The van der Waals surface area contributed by atoms with Gasteiger partial charge in [-0.2, -0.15) is 0 Å². The molecule has 17 heavy (non-hydrogen) atoms. The third-order valence-electron chi connectivity index (χ3n) is 3.83. The van der Waals surface area contributed by atoms with Crippen LogP contribution in [0.5, 0.6) is 0 Å². The second-order valence-electron chi connectivity index (χ2n) is 5.17. The first-order chi connectivity index (χ1) is 7.70. The second kappa shape index (κ2) is 6.57. The summed E-state index contributed by atoms with van der Waals surface area (Å²) in [6.07, 6.45) is 4.59. The van der Waals surface area contributed by atoms with E-state index in [0.29, 0.717) is 12.0 Å². The molecular formula is C12H24ClN3O. The normalized spacial score (nSPS) is 23.9. The molecule has 0 bridgehead atoms. The van der Waals surface area contributed by atoms with Crippen molar-refractivity contribution in [1.82, 2.24) is 10.2 Å². The van der Waals surface area contributed by atoms with Crippen LogP contribution in [0.3, 0.4) is 0 Å². The summed E-state index contributed by atoms with van der Waals surface area (Å²) in [6.45, 7) is 4.83. The van der Waals surface area contributed by atoms with Crippen LogP contribution in [0, 0.1) is 5.92 Å². The molecule has 0 aromatic rings. The summed E-state index contributed by atoms with van der Waals surface area (Å²) in [5.41, 5.74) is 5.66. The number of likely N-dealkylation sites (tertiary alicyclic amines) is 1. The van der Waals surface area contributed by atoms with E-state index in [4.69, 9.17) is 5.73 Å². The van der Waals surface area contributed by atoms with Crippen LogP contribution in [0.25, 0.3) is 0 Å². The van der Waals surface area contributed by atoms with Gasteiger partial charge in [0, 0.05) is 6.04 Å². The van der Waals surface area contributed by atoms with Crippen molar-refractivity contribution < 1.29 is 4.79 Å². The lowest BCUT2D eigenvalue weighted by Crippen LogP contribution is -2.49. The Morgan fingerprint density at radius 2 is 1.94 bits per heavy atom. The summed E-state index contributed by atoms with van der Waals surface area (Å²) >= 11 is 0. The van der Waals surface area contributed by atoms with E-state index in [1.807, 2.05) is 6.92 Å². The Balaban J connectivity index is 0.00000144. The van der Waals surface area contributed by atoms with Crippen LogP contribution < -0.4 is 11.1 Å². The molecule has 1 aliphatic carbocycles. The maximum absolute atomic E-state index is 11.9. The van der Waals surface area contributed by atoms with Crippen LogP contribution in [0.1, 0.15) is 32.6 Å². The molecule has 100 valence electrons. The summed E-state index contributed by atoms with van der Waals surface area (Å²) in [5, 5.41) is 3.07. The molecule has 3 N–H and O–H groups in total. The first-order valence-corrected chi connectivity index (χ1v) is 6.45. The number of rotatable bonds is 4.